The molecule has 1 aliphatic carbocycles. The lowest BCUT2D eigenvalue weighted by molar-refractivity contribution is -0.151. The second kappa shape index (κ2) is 10.4. The van der Waals surface area contributed by atoms with E-state index in [0.29, 0.717) is 0 Å². The van der Waals surface area contributed by atoms with Crippen LogP contribution in [0, 0.1) is 5.92 Å². The number of esters is 1. The molecule has 0 heterocycles. The van der Waals surface area contributed by atoms with Crippen molar-refractivity contribution in [2.45, 2.75) is 51.6 Å². The number of amides is 1. The van der Waals surface area contributed by atoms with Gasteiger partial charge in [0.05, 0.1) is 0 Å². The molecule has 7 nitrogen and oxygen atoms in total. The summed E-state index contributed by atoms with van der Waals surface area (Å²) in [5, 5.41) is 3.83. The molecule has 2 rings (SSSR count). The van der Waals surface area contributed by atoms with Gasteiger partial charge in [-0.1, -0.05) is 57.0 Å². The topological polar surface area (TPSA) is 102 Å². The molecule has 0 bridgehead atoms. The van der Waals surface area contributed by atoms with E-state index in [4.69, 9.17) is 4.74 Å². The van der Waals surface area contributed by atoms with Crippen molar-refractivity contribution in [3.8, 4) is 0 Å². The highest BCUT2D eigenvalue weighted by molar-refractivity contribution is 7.92. The number of carbonyl (C=O) groups is 2. The summed E-state index contributed by atoms with van der Waals surface area (Å²) in [7, 11) is -3.86. The molecule has 0 spiro atoms. The standard InChI is InChI=1S/C20H28N2O5S/c1-15(2)19(20(24)27-14-18(23)21-17-10-6-7-11-17)22-28(25,26)13-12-16-8-4-3-5-9-16/h3-5,8-9,12-13,15,17,19,22H,6-7,10-11,14H2,1-2H3,(H,21,23)/b13-12+. The maximum Gasteiger partial charge on any atom is 0.324 e. The van der Waals surface area contributed by atoms with Crippen LogP contribution in [0.4, 0.5) is 0 Å². The Morgan fingerprint density at radius 2 is 1.82 bits per heavy atom. The van der Waals surface area contributed by atoms with Gasteiger partial charge in [0.25, 0.3) is 5.91 Å². The smallest absolute Gasteiger partial charge is 0.324 e. The maximum absolute atomic E-state index is 12.3. The van der Waals surface area contributed by atoms with Crippen LogP contribution in [0.2, 0.25) is 0 Å². The van der Waals surface area contributed by atoms with Gasteiger partial charge in [0.1, 0.15) is 6.04 Å². The molecule has 1 aromatic rings. The molecule has 1 aliphatic rings. The van der Waals surface area contributed by atoms with Gasteiger partial charge in [-0.25, -0.2) is 8.42 Å². The maximum atomic E-state index is 12.3. The average Bonchev–Trinajstić information content (AvgIpc) is 3.16. The number of carbonyl (C=O) groups excluding carboxylic acids is 2. The molecule has 1 amide bonds. The lowest BCUT2D eigenvalue weighted by Crippen LogP contribution is -2.45. The lowest BCUT2D eigenvalue weighted by Gasteiger charge is -2.20. The third-order valence-electron chi connectivity index (χ3n) is 4.52. The average molecular weight is 409 g/mol. The number of ether oxygens (including phenoxy) is 1. The Morgan fingerprint density at radius 3 is 2.43 bits per heavy atom. The first kappa shape index (κ1) is 22.1. The second-order valence-electron chi connectivity index (χ2n) is 7.25. The fraction of sp³-hybridized carbons (Fsp3) is 0.500. The van der Waals surface area contributed by atoms with Crippen molar-refractivity contribution >= 4 is 28.0 Å². The Labute approximate surface area is 166 Å². The van der Waals surface area contributed by atoms with E-state index < -0.39 is 28.6 Å². The largest absolute Gasteiger partial charge is 0.454 e. The highest BCUT2D eigenvalue weighted by Gasteiger charge is 2.28. The predicted molar refractivity (Wildman–Crippen MR) is 108 cm³/mol. The quantitative estimate of drug-likeness (QED) is 0.610. The Balaban J connectivity index is 1.90. The van der Waals surface area contributed by atoms with Crippen molar-refractivity contribution in [3.63, 3.8) is 0 Å². The van der Waals surface area contributed by atoms with Gasteiger partial charge in [0.2, 0.25) is 10.0 Å². The van der Waals surface area contributed by atoms with Gasteiger partial charge >= 0.3 is 5.97 Å². The van der Waals surface area contributed by atoms with E-state index in [-0.39, 0.29) is 17.9 Å². The molecular formula is C20H28N2O5S. The van der Waals surface area contributed by atoms with Crippen LogP contribution in [-0.4, -0.2) is 39.0 Å². The second-order valence-corrected chi connectivity index (χ2v) is 8.85. The zero-order chi connectivity index (χ0) is 20.6. The van der Waals surface area contributed by atoms with Gasteiger partial charge in [-0.15, -0.1) is 0 Å². The third-order valence-corrected chi connectivity index (χ3v) is 5.59. The van der Waals surface area contributed by atoms with Crippen LogP contribution in [-0.2, 0) is 24.3 Å². The monoisotopic (exact) mass is 408 g/mol. The first-order valence-corrected chi connectivity index (χ1v) is 11.0. The van der Waals surface area contributed by atoms with Crippen molar-refractivity contribution in [1.82, 2.24) is 10.0 Å². The zero-order valence-corrected chi connectivity index (χ0v) is 17.1. The molecule has 1 aromatic carbocycles. The van der Waals surface area contributed by atoms with Crippen molar-refractivity contribution in [3.05, 3.63) is 41.3 Å². The normalized spacial score (nSPS) is 16.4. The highest BCUT2D eigenvalue weighted by Crippen LogP contribution is 2.17. The highest BCUT2D eigenvalue weighted by atomic mass is 32.2. The molecule has 28 heavy (non-hydrogen) atoms. The van der Waals surface area contributed by atoms with Gasteiger partial charge in [0.15, 0.2) is 6.61 Å². The Hall–Kier alpha value is -2.19. The lowest BCUT2D eigenvalue weighted by atomic mass is 10.1. The van der Waals surface area contributed by atoms with E-state index in [9.17, 15) is 18.0 Å². The van der Waals surface area contributed by atoms with Gasteiger partial charge < -0.3 is 10.1 Å². The van der Waals surface area contributed by atoms with Crippen LogP contribution in [0.15, 0.2) is 35.7 Å². The molecule has 1 saturated carbocycles. The summed E-state index contributed by atoms with van der Waals surface area (Å²) < 4.78 is 32.0. The minimum absolute atomic E-state index is 0.133. The third kappa shape index (κ3) is 7.44. The number of benzene rings is 1. The SMILES string of the molecule is CC(C)C(NS(=O)(=O)/C=C/c1ccccc1)C(=O)OCC(=O)NC1CCCC1. The first-order chi connectivity index (χ1) is 13.3. The van der Waals surface area contributed by atoms with E-state index in [2.05, 4.69) is 10.0 Å². The molecular weight excluding hydrogens is 380 g/mol. The van der Waals surface area contributed by atoms with E-state index >= 15 is 0 Å². The summed E-state index contributed by atoms with van der Waals surface area (Å²) in [4.78, 5) is 24.2. The molecule has 154 valence electrons. The number of nitrogens with one attached hydrogen (secondary N) is 2. The van der Waals surface area contributed by atoms with Gasteiger partial charge in [0, 0.05) is 11.4 Å². The fourth-order valence-corrected chi connectivity index (χ4v) is 4.11. The molecule has 0 radical (unpaired) electrons. The van der Waals surface area contributed by atoms with Crippen molar-refractivity contribution < 1.29 is 22.7 Å². The molecule has 1 unspecified atom stereocenters. The van der Waals surface area contributed by atoms with E-state index in [1.165, 1.54) is 6.08 Å². The number of hydrogen-bond acceptors (Lipinski definition) is 5. The molecule has 2 N–H and O–H groups in total. The minimum atomic E-state index is -3.86. The molecule has 0 aliphatic heterocycles. The molecule has 1 fully saturated rings. The van der Waals surface area contributed by atoms with Crippen LogP contribution >= 0.6 is 0 Å². The minimum Gasteiger partial charge on any atom is -0.454 e. The van der Waals surface area contributed by atoms with Crippen LogP contribution < -0.4 is 10.0 Å². The Morgan fingerprint density at radius 1 is 1.18 bits per heavy atom. The molecule has 0 saturated heterocycles. The van der Waals surface area contributed by atoms with Crippen LogP contribution in [0.5, 0.6) is 0 Å². The van der Waals surface area contributed by atoms with E-state index in [1.54, 1.807) is 38.1 Å². The van der Waals surface area contributed by atoms with E-state index in [1.807, 2.05) is 6.07 Å². The van der Waals surface area contributed by atoms with Gasteiger partial charge in [-0.3, -0.25) is 9.59 Å². The summed E-state index contributed by atoms with van der Waals surface area (Å²) >= 11 is 0. The van der Waals surface area contributed by atoms with Crippen LogP contribution in [0.3, 0.4) is 0 Å². The van der Waals surface area contributed by atoms with Crippen molar-refractivity contribution in [1.29, 1.82) is 0 Å². The van der Waals surface area contributed by atoms with Gasteiger partial charge in [-0.05, 0) is 30.4 Å². The molecule has 8 heteroatoms. The van der Waals surface area contributed by atoms with E-state index in [0.717, 1.165) is 36.7 Å². The van der Waals surface area contributed by atoms with Gasteiger partial charge in [-0.2, -0.15) is 4.72 Å². The molecule has 0 aromatic heterocycles. The fourth-order valence-electron chi connectivity index (χ4n) is 2.97. The Kier molecular flexibility index (Phi) is 8.19. The number of sulfonamides is 1. The Bertz CT molecular complexity index is 784. The van der Waals surface area contributed by atoms with Crippen LogP contribution in [0.1, 0.15) is 45.1 Å². The number of rotatable bonds is 9. The summed E-state index contributed by atoms with van der Waals surface area (Å²) in [6.07, 6.45) is 5.47. The number of hydrogen-bond donors (Lipinski definition) is 2. The molecule has 1 atom stereocenters. The predicted octanol–water partition coefficient (Wildman–Crippen LogP) is 2.20. The first-order valence-electron chi connectivity index (χ1n) is 9.48. The summed E-state index contributed by atoms with van der Waals surface area (Å²) in [6.45, 7) is 2.99. The summed E-state index contributed by atoms with van der Waals surface area (Å²) in [5.41, 5.74) is 0.722. The van der Waals surface area contributed by atoms with Crippen molar-refractivity contribution in [2.24, 2.45) is 5.92 Å². The van der Waals surface area contributed by atoms with Crippen LogP contribution in [0.25, 0.3) is 6.08 Å². The summed E-state index contributed by atoms with van der Waals surface area (Å²) in [5.74, 6) is -1.48. The zero-order valence-electron chi connectivity index (χ0n) is 16.3. The van der Waals surface area contributed by atoms with Crippen molar-refractivity contribution in [2.75, 3.05) is 6.61 Å². The summed E-state index contributed by atoms with van der Waals surface area (Å²) in [6, 6.07) is 8.01.